The van der Waals surface area contributed by atoms with Crippen LogP contribution in [-0.2, 0) is 10.0 Å². The van der Waals surface area contributed by atoms with Crippen molar-refractivity contribution in [1.82, 2.24) is 4.31 Å². The fourth-order valence-electron chi connectivity index (χ4n) is 1.20. The summed E-state index contributed by atoms with van der Waals surface area (Å²) in [6.45, 7) is 2.41. The third kappa shape index (κ3) is 2.98. The van der Waals surface area contributed by atoms with Crippen molar-refractivity contribution in [2.24, 2.45) is 0 Å². The Morgan fingerprint density at radius 1 is 1.56 bits per heavy atom. The highest BCUT2D eigenvalue weighted by atomic mass is 35.5. The maximum atomic E-state index is 12.1. The largest absolute Gasteiger partial charge is 0.253 e. The van der Waals surface area contributed by atoms with Crippen molar-refractivity contribution in [2.75, 3.05) is 13.1 Å². The Morgan fingerprint density at radius 2 is 2.25 bits per heavy atom. The zero-order valence-electron chi connectivity index (χ0n) is 8.81. The predicted octanol–water partition coefficient (Wildman–Crippen LogP) is 2.44. The van der Waals surface area contributed by atoms with E-state index in [9.17, 15) is 8.42 Å². The van der Waals surface area contributed by atoms with E-state index in [1.54, 1.807) is 6.07 Å². The first kappa shape index (κ1) is 13.5. The quantitative estimate of drug-likeness (QED) is 0.775. The molecular formula is C10H12ClNO2S2. The first-order valence-electron chi connectivity index (χ1n) is 4.71. The summed E-state index contributed by atoms with van der Waals surface area (Å²) in [5.41, 5.74) is 0. The molecule has 0 N–H and O–H groups in total. The van der Waals surface area contributed by atoms with Gasteiger partial charge in [0.1, 0.15) is 4.21 Å². The summed E-state index contributed by atoms with van der Waals surface area (Å²) in [7, 11) is -3.48. The van der Waals surface area contributed by atoms with Gasteiger partial charge in [0.05, 0.1) is 10.9 Å². The van der Waals surface area contributed by atoms with Crippen molar-refractivity contribution in [2.45, 2.75) is 17.6 Å². The molecule has 16 heavy (non-hydrogen) atoms. The maximum Gasteiger partial charge on any atom is 0.253 e. The van der Waals surface area contributed by atoms with Gasteiger partial charge in [0.15, 0.2) is 0 Å². The van der Waals surface area contributed by atoms with E-state index in [0.717, 1.165) is 17.8 Å². The number of rotatable bonds is 5. The van der Waals surface area contributed by atoms with Gasteiger partial charge in [0.2, 0.25) is 0 Å². The van der Waals surface area contributed by atoms with E-state index in [0.29, 0.717) is 10.9 Å². The second-order valence-electron chi connectivity index (χ2n) is 3.10. The van der Waals surface area contributed by atoms with E-state index in [1.807, 2.05) is 6.92 Å². The van der Waals surface area contributed by atoms with Crippen LogP contribution in [0.4, 0.5) is 0 Å². The molecule has 3 nitrogen and oxygen atoms in total. The third-order valence-electron chi connectivity index (χ3n) is 1.88. The zero-order chi connectivity index (χ0) is 12.2. The van der Waals surface area contributed by atoms with Gasteiger partial charge in [-0.2, -0.15) is 4.31 Å². The molecule has 0 unspecified atom stereocenters. The van der Waals surface area contributed by atoms with Gasteiger partial charge in [-0.1, -0.05) is 24.4 Å². The first-order valence-corrected chi connectivity index (χ1v) is 7.34. The maximum absolute atomic E-state index is 12.1. The Kier molecular flexibility index (Phi) is 4.81. The second-order valence-corrected chi connectivity index (χ2v) is 6.98. The van der Waals surface area contributed by atoms with Crippen LogP contribution in [0.5, 0.6) is 0 Å². The Morgan fingerprint density at radius 3 is 2.69 bits per heavy atom. The summed E-state index contributed by atoms with van der Waals surface area (Å²) >= 11 is 6.76. The average molecular weight is 278 g/mol. The Hall–Kier alpha value is -0.540. The standard InChI is InChI=1S/C10H12ClNO2S2/c1-3-7-12(8-4-2)16(13,14)10-6-5-9(11)15-10/h1,5-6H,4,7-8H2,2H3. The lowest BCUT2D eigenvalue weighted by Crippen LogP contribution is -2.31. The summed E-state index contributed by atoms with van der Waals surface area (Å²) in [6, 6.07) is 3.07. The molecule has 0 radical (unpaired) electrons. The van der Waals surface area contributed by atoms with Gasteiger partial charge < -0.3 is 0 Å². The van der Waals surface area contributed by atoms with Crippen molar-refractivity contribution in [3.8, 4) is 12.3 Å². The van der Waals surface area contributed by atoms with Crippen LogP contribution in [0, 0.1) is 12.3 Å². The van der Waals surface area contributed by atoms with E-state index in [2.05, 4.69) is 5.92 Å². The number of thiophene rings is 1. The lowest BCUT2D eigenvalue weighted by atomic mass is 10.5. The minimum Gasteiger partial charge on any atom is -0.206 e. The summed E-state index contributed by atoms with van der Waals surface area (Å²) in [5, 5.41) is 0. The monoisotopic (exact) mass is 277 g/mol. The smallest absolute Gasteiger partial charge is 0.206 e. The Balaban J connectivity index is 3.03. The van der Waals surface area contributed by atoms with Gasteiger partial charge in [-0.3, -0.25) is 0 Å². The number of nitrogens with zero attached hydrogens (tertiary/aromatic N) is 1. The number of hydrogen-bond donors (Lipinski definition) is 0. The van der Waals surface area contributed by atoms with Gasteiger partial charge in [-0.15, -0.1) is 17.8 Å². The van der Waals surface area contributed by atoms with Crippen LogP contribution in [0.25, 0.3) is 0 Å². The minimum atomic E-state index is -3.48. The van der Waals surface area contributed by atoms with Gasteiger partial charge in [-0.05, 0) is 18.6 Å². The molecule has 1 aromatic rings. The van der Waals surface area contributed by atoms with Crippen LogP contribution >= 0.6 is 22.9 Å². The molecule has 0 aliphatic carbocycles. The van der Waals surface area contributed by atoms with Crippen molar-refractivity contribution >= 4 is 33.0 Å². The van der Waals surface area contributed by atoms with Gasteiger partial charge >= 0.3 is 0 Å². The first-order chi connectivity index (χ1) is 7.52. The van der Waals surface area contributed by atoms with Crippen molar-refractivity contribution in [3.05, 3.63) is 16.5 Å². The molecule has 6 heteroatoms. The van der Waals surface area contributed by atoms with Gasteiger partial charge in [0.25, 0.3) is 10.0 Å². The Bertz CT molecular complexity index is 487. The lowest BCUT2D eigenvalue weighted by molar-refractivity contribution is 0.447. The zero-order valence-corrected chi connectivity index (χ0v) is 11.2. The normalized spacial score (nSPS) is 11.6. The fraction of sp³-hybridized carbons (Fsp3) is 0.400. The van der Waals surface area contributed by atoms with Crippen molar-refractivity contribution in [3.63, 3.8) is 0 Å². The lowest BCUT2D eigenvalue weighted by Gasteiger charge is -2.17. The highest BCUT2D eigenvalue weighted by Gasteiger charge is 2.24. The molecule has 0 saturated carbocycles. The molecule has 0 saturated heterocycles. The minimum absolute atomic E-state index is 0.0890. The van der Waals surface area contributed by atoms with Crippen LogP contribution in [0.2, 0.25) is 4.34 Å². The van der Waals surface area contributed by atoms with Crippen LogP contribution in [0.3, 0.4) is 0 Å². The number of halogens is 1. The topological polar surface area (TPSA) is 37.4 Å². The van der Waals surface area contributed by atoms with Crippen LogP contribution in [0.15, 0.2) is 16.3 Å². The number of terminal acetylenes is 1. The molecule has 1 rings (SSSR count). The second kappa shape index (κ2) is 5.69. The molecule has 1 heterocycles. The Labute approximate surface area is 105 Å². The fourth-order valence-corrected chi connectivity index (χ4v) is 4.28. The molecule has 0 atom stereocenters. The molecule has 0 aromatic carbocycles. The SMILES string of the molecule is C#CCN(CCC)S(=O)(=O)c1ccc(Cl)s1. The van der Waals surface area contributed by atoms with Crippen LogP contribution in [-0.4, -0.2) is 25.8 Å². The molecule has 1 aromatic heterocycles. The summed E-state index contributed by atoms with van der Waals surface area (Å²) in [4.78, 5) is 0. The molecule has 0 bridgehead atoms. The van der Waals surface area contributed by atoms with E-state index < -0.39 is 10.0 Å². The number of hydrogen-bond acceptors (Lipinski definition) is 3. The van der Waals surface area contributed by atoms with Crippen LogP contribution in [0.1, 0.15) is 13.3 Å². The molecular weight excluding hydrogens is 266 g/mol. The van der Waals surface area contributed by atoms with E-state index in [-0.39, 0.29) is 10.8 Å². The van der Waals surface area contributed by atoms with Gasteiger partial charge in [-0.25, -0.2) is 8.42 Å². The molecule has 0 aliphatic rings. The van der Waals surface area contributed by atoms with Crippen molar-refractivity contribution < 1.29 is 8.42 Å². The molecule has 0 spiro atoms. The summed E-state index contributed by atoms with van der Waals surface area (Å²) in [6.07, 6.45) is 5.88. The van der Waals surface area contributed by atoms with Crippen molar-refractivity contribution in [1.29, 1.82) is 0 Å². The average Bonchev–Trinajstić information content (AvgIpc) is 2.65. The van der Waals surface area contributed by atoms with Crippen LogP contribution < -0.4 is 0 Å². The highest BCUT2D eigenvalue weighted by molar-refractivity contribution is 7.91. The molecule has 88 valence electrons. The third-order valence-corrected chi connectivity index (χ3v) is 5.43. The summed E-state index contributed by atoms with van der Waals surface area (Å²) in [5.74, 6) is 2.35. The molecule has 0 aliphatic heterocycles. The highest BCUT2D eigenvalue weighted by Crippen LogP contribution is 2.27. The van der Waals surface area contributed by atoms with E-state index in [1.165, 1.54) is 10.4 Å². The molecule has 0 amide bonds. The van der Waals surface area contributed by atoms with E-state index >= 15 is 0 Å². The van der Waals surface area contributed by atoms with Gasteiger partial charge in [0, 0.05) is 6.54 Å². The number of sulfonamides is 1. The molecule has 0 fully saturated rings. The predicted molar refractivity (Wildman–Crippen MR) is 67.2 cm³/mol. The van der Waals surface area contributed by atoms with E-state index in [4.69, 9.17) is 18.0 Å². The summed E-state index contributed by atoms with van der Waals surface area (Å²) < 4.78 is 26.2.